The smallest absolute Gasteiger partial charge is 0.0820 e. The number of aliphatic hydroxyl groups excluding tert-OH is 1. The summed E-state index contributed by atoms with van der Waals surface area (Å²) in [6.45, 7) is 8.09. The van der Waals surface area contributed by atoms with Gasteiger partial charge in [0.25, 0.3) is 0 Å². The number of methoxy groups -OCH3 is 1. The minimum absolute atomic E-state index is 0.296. The molecular formula is C14H22O2. The highest BCUT2D eigenvalue weighted by molar-refractivity contribution is 5.34. The Balaban J connectivity index is 2.89. The molecule has 0 saturated heterocycles. The molecular weight excluding hydrogens is 200 g/mol. The molecule has 90 valence electrons. The second-order valence-electron chi connectivity index (χ2n) is 4.97. The fraction of sp³-hybridized carbons (Fsp3) is 0.571. The lowest BCUT2D eigenvalue weighted by Crippen LogP contribution is -2.25. The summed E-state index contributed by atoms with van der Waals surface area (Å²) in [5.41, 5.74) is 3.09. The molecule has 1 unspecified atom stereocenters. The second-order valence-corrected chi connectivity index (χ2v) is 4.97. The molecule has 0 aromatic heterocycles. The van der Waals surface area contributed by atoms with Crippen molar-refractivity contribution in [1.29, 1.82) is 0 Å². The van der Waals surface area contributed by atoms with Gasteiger partial charge in [-0.3, -0.25) is 0 Å². The third kappa shape index (κ3) is 3.06. The SMILES string of the molecule is COC(C)(C)CC(O)c1cccc(C)c1C. The summed E-state index contributed by atoms with van der Waals surface area (Å²) in [5.74, 6) is 0. The van der Waals surface area contributed by atoms with Crippen molar-refractivity contribution in [1.82, 2.24) is 0 Å². The maximum Gasteiger partial charge on any atom is 0.0820 e. The van der Waals surface area contributed by atoms with Crippen molar-refractivity contribution < 1.29 is 9.84 Å². The van der Waals surface area contributed by atoms with Crippen LogP contribution >= 0.6 is 0 Å². The van der Waals surface area contributed by atoms with E-state index in [2.05, 4.69) is 13.0 Å². The summed E-state index contributed by atoms with van der Waals surface area (Å²) in [6, 6.07) is 6.03. The highest BCUT2D eigenvalue weighted by Gasteiger charge is 2.23. The zero-order valence-corrected chi connectivity index (χ0v) is 10.9. The van der Waals surface area contributed by atoms with Gasteiger partial charge in [-0.2, -0.15) is 0 Å². The molecule has 1 N–H and O–H groups in total. The van der Waals surface area contributed by atoms with Crippen LogP contribution in [0.15, 0.2) is 18.2 Å². The first-order chi connectivity index (χ1) is 7.37. The van der Waals surface area contributed by atoms with Gasteiger partial charge in [-0.1, -0.05) is 18.2 Å². The first-order valence-electron chi connectivity index (χ1n) is 5.67. The molecule has 16 heavy (non-hydrogen) atoms. The number of hydrogen-bond acceptors (Lipinski definition) is 2. The van der Waals surface area contributed by atoms with E-state index in [1.807, 2.05) is 32.9 Å². The van der Waals surface area contributed by atoms with Gasteiger partial charge in [0.2, 0.25) is 0 Å². The summed E-state index contributed by atoms with van der Waals surface area (Å²) < 4.78 is 5.34. The van der Waals surface area contributed by atoms with Crippen LogP contribution in [0.4, 0.5) is 0 Å². The number of benzene rings is 1. The van der Waals surface area contributed by atoms with Crippen molar-refractivity contribution in [2.75, 3.05) is 7.11 Å². The maximum atomic E-state index is 10.2. The molecule has 2 heteroatoms. The van der Waals surface area contributed by atoms with Crippen LogP contribution in [0, 0.1) is 13.8 Å². The van der Waals surface area contributed by atoms with Gasteiger partial charge in [-0.15, -0.1) is 0 Å². The molecule has 0 saturated carbocycles. The van der Waals surface area contributed by atoms with E-state index in [0.29, 0.717) is 6.42 Å². The topological polar surface area (TPSA) is 29.5 Å². The van der Waals surface area contributed by atoms with Crippen molar-refractivity contribution in [3.8, 4) is 0 Å². The highest BCUT2D eigenvalue weighted by atomic mass is 16.5. The van der Waals surface area contributed by atoms with Crippen molar-refractivity contribution in [3.63, 3.8) is 0 Å². The maximum absolute atomic E-state index is 10.2. The Kier molecular flexibility index (Phi) is 4.11. The van der Waals surface area contributed by atoms with Crippen LogP contribution in [0.5, 0.6) is 0 Å². The molecule has 0 aliphatic heterocycles. The fourth-order valence-electron chi connectivity index (χ4n) is 1.79. The van der Waals surface area contributed by atoms with Crippen LogP contribution in [0.1, 0.15) is 43.1 Å². The van der Waals surface area contributed by atoms with Crippen LogP contribution in [0.25, 0.3) is 0 Å². The average Bonchev–Trinajstić information content (AvgIpc) is 2.21. The lowest BCUT2D eigenvalue weighted by atomic mass is 9.92. The Hall–Kier alpha value is -0.860. The van der Waals surface area contributed by atoms with Gasteiger partial charge in [0.15, 0.2) is 0 Å². The van der Waals surface area contributed by atoms with Gasteiger partial charge < -0.3 is 9.84 Å². The predicted octanol–water partition coefficient (Wildman–Crippen LogP) is 3.15. The third-order valence-electron chi connectivity index (χ3n) is 3.24. The number of ether oxygens (including phenoxy) is 1. The molecule has 0 spiro atoms. The van der Waals surface area contributed by atoms with Crippen LogP contribution in [-0.4, -0.2) is 17.8 Å². The summed E-state index contributed by atoms with van der Waals surface area (Å²) in [7, 11) is 1.68. The van der Waals surface area contributed by atoms with Crippen molar-refractivity contribution >= 4 is 0 Å². The Morgan fingerprint density at radius 2 is 1.94 bits per heavy atom. The first kappa shape index (κ1) is 13.2. The van der Waals surface area contributed by atoms with Crippen LogP contribution < -0.4 is 0 Å². The van der Waals surface area contributed by atoms with E-state index in [1.54, 1.807) is 7.11 Å². The Morgan fingerprint density at radius 3 is 2.50 bits per heavy atom. The highest BCUT2D eigenvalue weighted by Crippen LogP contribution is 2.28. The minimum atomic E-state index is -0.463. The molecule has 1 rings (SSSR count). The van der Waals surface area contributed by atoms with Crippen molar-refractivity contribution in [2.24, 2.45) is 0 Å². The lowest BCUT2D eigenvalue weighted by Gasteiger charge is -2.27. The van der Waals surface area contributed by atoms with Gasteiger partial charge in [-0.25, -0.2) is 0 Å². The summed E-state index contributed by atoms with van der Waals surface area (Å²) in [5, 5.41) is 10.2. The van der Waals surface area contributed by atoms with Crippen molar-refractivity contribution in [2.45, 2.75) is 45.8 Å². The molecule has 0 heterocycles. The molecule has 1 aromatic rings. The quantitative estimate of drug-likeness (QED) is 0.848. The molecule has 0 radical (unpaired) electrons. The van der Waals surface area contributed by atoms with E-state index in [1.165, 1.54) is 11.1 Å². The van der Waals surface area contributed by atoms with E-state index in [4.69, 9.17) is 4.74 Å². The van der Waals surface area contributed by atoms with Crippen LogP contribution in [0.3, 0.4) is 0 Å². The molecule has 2 nitrogen and oxygen atoms in total. The largest absolute Gasteiger partial charge is 0.388 e. The number of hydrogen-bond donors (Lipinski definition) is 1. The summed E-state index contributed by atoms with van der Waals surface area (Å²) in [4.78, 5) is 0. The summed E-state index contributed by atoms with van der Waals surface area (Å²) >= 11 is 0. The average molecular weight is 222 g/mol. The molecule has 0 amide bonds. The monoisotopic (exact) mass is 222 g/mol. The van der Waals surface area contributed by atoms with E-state index < -0.39 is 6.10 Å². The zero-order valence-electron chi connectivity index (χ0n) is 10.9. The standard InChI is InChI=1S/C14H22O2/c1-10-7-6-8-12(11(10)2)13(15)9-14(3,4)16-5/h6-8,13,15H,9H2,1-5H3. The van der Waals surface area contributed by atoms with Gasteiger partial charge in [-0.05, 0) is 44.4 Å². The third-order valence-corrected chi connectivity index (χ3v) is 3.24. The Morgan fingerprint density at radius 1 is 1.31 bits per heavy atom. The van der Waals surface area contributed by atoms with E-state index in [0.717, 1.165) is 5.56 Å². The Bertz CT molecular complexity index is 356. The lowest BCUT2D eigenvalue weighted by molar-refractivity contribution is -0.0202. The van der Waals surface area contributed by atoms with Gasteiger partial charge in [0.1, 0.15) is 0 Å². The molecule has 0 aliphatic carbocycles. The molecule has 1 atom stereocenters. The molecule has 0 aliphatic rings. The molecule has 0 fully saturated rings. The van der Waals surface area contributed by atoms with E-state index >= 15 is 0 Å². The zero-order chi connectivity index (χ0) is 12.3. The van der Waals surface area contributed by atoms with E-state index in [-0.39, 0.29) is 5.60 Å². The van der Waals surface area contributed by atoms with Crippen molar-refractivity contribution in [3.05, 3.63) is 34.9 Å². The predicted molar refractivity (Wildman–Crippen MR) is 66.6 cm³/mol. The number of rotatable bonds is 4. The van der Waals surface area contributed by atoms with Crippen LogP contribution in [-0.2, 0) is 4.74 Å². The van der Waals surface area contributed by atoms with Gasteiger partial charge in [0, 0.05) is 13.5 Å². The normalized spacial score (nSPS) is 13.9. The molecule has 0 bridgehead atoms. The Labute approximate surface area is 98.3 Å². The second kappa shape index (κ2) is 4.98. The first-order valence-corrected chi connectivity index (χ1v) is 5.67. The number of aryl methyl sites for hydroxylation is 1. The number of aliphatic hydroxyl groups is 1. The fourth-order valence-corrected chi connectivity index (χ4v) is 1.79. The minimum Gasteiger partial charge on any atom is -0.388 e. The van der Waals surface area contributed by atoms with Gasteiger partial charge in [0.05, 0.1) is 11.7 Å². The van der Waals surface area contributed by atoms with Gasteiger partial charge >= 0.3 is 0 Å². The van der Waals surface area contributed by atoms with Crippen LogP contribution in [0.2, 0.25) is 0 Å². The van der Waals surface area contributed by atoms with E-state index in [9.17, 15) is 5.11 Å². The summed E-state index contributed by atoms with van der Waals surface area (Å²) in [6.07, 6.45) is 0.142. The molecule has 1 aromatic carbocycles.